The molecule has 0 spiro atoms. The monoisotopic (exact) mass is 421 g/mol. The minimum Gasteiger partial charge on any atom is -0.490 e. The highest BCUT2D eigenvalue weighted by Crippen LogP contribution is 2.15. The zero-order chi connectivity index (χ0) is 21.4. The number of benzene rings is 1. The van der Waals surface area contributed by atoms with Crippen LogP contribution in [0.3, 0.4) is 0 Å². The summed E-state index contributed by atoms with van der Waals surface area (Å²) in [7, 11) is 0. The number of nitrogens with one attached hydrogen (secondary N) is 2. The van der Waals surface area contributed by atoms with E-state index in [9.17, 15) is 14.4 Å². The van der Waals surface area contributed by atoms with Gasteiger partial charge in [-0.1, -0.05) is 39.0 Å². The van der Waals surface area contributed by atoms with Gasteiger partial charge in [0.05, 0.1) is 6.42 Å². The molecule has 0 aromatic heterocycles. The number of carbonyl (C=O) groups excluding carboxylic acids is 3. The van der Waals surface area contributed by atoms with Crippen molar-refractivity contribution in [2.75, 3.05) is 26.3 Å². The summed E-state index contributed by atoms with van der Waals surface area (Å²) in [6, 6.07) is 8.34. The van der Waals surface area contributed by atoms with Crippen LogP contribution in [0.5, 0.6) is 5.75 Å². The van der Waals surface area contributed by atoms with Gasteiger partial charge < -0.3 is 25.0 Å². The van der Waals surface area contributed by atoms with Gasteiger partial charge in [-0.15, -0.1) is 0 Å². The molecule has 9 heteroatoms. The quantitative estimate of drug-likeness (QED) is 0.405. The van der Waals surface area contributed by atoms with Crippen molar-refractivity contribution < 1.29 is 23.9 Å². The Morgan fingerprint density at radius 3 is 2.59 bits per heavy atom. The second kappa shape index (κ2) is 10.2. The molecule has 1 fully saturated rings. The smallest absolute Gasteiger partial charge is 0.308 e. The minimum absolute atomic E-state index is 0.0628. The summed E-state index contributed by atoms with van der Waals surface area (Å²) in [6.07, 6.45) is -0.178. The lowest BCUT2D eigenvalue weighted by Gasteiger charge is -2.36. The van der Waals surface area contributed by atoms with Crippen LogP contribution >= 0.6 is 12.2 Å². The van der Waals surface area contributed by atoms with E-state index in [-0.39, 0.29) is 36.6 Å². The van der Waals surface area contributed by atoms with Crippen LogP contribution in [0.15, 0.2) is 30.3 Å². The molecule has 0 saturated carbocycles. The number of para-hydroxylation sites is 1. The van der Waals surface area contributed by atoms with Crippen molar-refractivity contribution in [3.8, 4) is 5.75 Å². The van der Waals surface area contributed by atoms with E-state index >= 15 is 0 Å². The Kier molecular flexibility index (Phi) is 7.95. The number of hydrogen-bond acceptors (Lipinski definition) is 6. The normalized spacial score (nSPS) is 16.6. The van der Waals surface area contributed by atoms with E-state index in [0.717, 1.165) is 0 Å². The molecule has 0 unspecified atom stereocenters. The molecule has 1 saturated heterocycles. The van der Waals surface area contributed by atoms with E-state index in [4.69, 9.17) is 21.7 Å². The van der Waals surface area contributed by atoms with Crippen LogP contribution in [0.4, 0.5) is 0 Å². The highest BCUT2D eigenvalue weighted by Gasteiger charge is 2.35. The highest BCUT2D eigenvalue weighted by atomic mass is 32.1. The van der Waals surface area contributed by atoms with Gasteiger partial charge in [0.15, 0.2) is 5.11 Å². The van der Waals surface area contributed by atoms with Crippen molar-refractivity contribution in [3.63, 3.8) is 0 Å². The number of amides is 2. The maximum Gasteiger partial charge on any atom is 0.308 e. The molecule has 1 aliphatic heterocycles. The Morgan fingerprint density at radius 1 is 1.24 bits per heavy atom. The largest absolute Gasteiger partial charge is 0.490 e. The van der Waals surface area contributed by atoms with Gasteiger partial charge in [0.2, 0.25) is 11.8 Å². The van der Waals surface area contributed by atoms with Crippen molar-refractivity contribution in [1.29, 1.82) is 0 Å². The third kappa shape index (κ3) is 7.01. The first-order valence-electron chi connectivity index (χ1n) is 9.41. The van der Waals surface area contributed by atoms with Crippen LogP contribution in [-0.4, -0.2) is 60.1 Å². The molecule has 2 rings (SSSR count). The molecule has 8 nitrogen and oxygen atoms in total. The van der Waals surface area contributed by atoms with E-state index in [2.05, 4.69) is 10.6 Å². The summed E-state index contributed by atoms with van der Waals surface area (Å²) in [5.74, 6) is -0.450. The second-order valence-corrected chi connectivity index (χ2v) is 7.98. The van der Waals surface area contributed by atoms with Crippen molar-refractivity contribution in [2.24, 2.45) is 5.41 Å². The molecule has 1 aromatic rings. The zero-order valence-electron chi connectivity index (χ0n) is 16.9. The molecular formula is C20H27N3O5S. The average molecular weight is 422 g/mol. The summed E-state index contributed by atoms with van der Waals surface area (Å²) < 4.78 is 10.6. The number of piperazine rings is 1. The van der Waals surface area contributed by atoms with Crippen LogP contribution in [0.2, 0.25) is 0 Å². The van der Waals surface area contributed by atoms with E-state index < -0.39 is 17.4 Å². The number of thiocarbonyl (C=S) groups is 1. The topological polar surface area (TPSA) is 97.0 Å². The maximum atomic E-state index is 12.3. The summed E-state index contributed by atoms with van der Waals surface area (Å²) in [5, 5.41) is 5.49. The maximum absolute atomic E-state index is 12.3. The molecule has 1 atom stereocenters. The first kappa shape index (κ1) is 22.6. The van der Waals surface area contributed by atoms with Crippen molar-refractivity contribution in [1.82, 2.24) is 15.5 Å². The summed E-state index contributed by atoms with van der Waals surface area (Å²) in [5.41, 5.74) is -0.630. The van der Waals surface area contributed by atoms with E-state index in [1.807, 2.05) is 18.2 Å². The molecular weight excluding hydrogens is 394 g/mol. The molecule has 0 aliphatic carbocycles. The number of esters is 1. The summed E-state index contributed by atoms with van der Waals surface area (Å²) in [6.45, 7) is 6.33. The molecule has 158 valence electrons. The fraction of sp³-hybridized carbons (Fsp3) is 0.500. The molecule has 0 bridgehead atoms. The van der Waals surface area contributed by atoms with Crippen molar-refractivity contribution >= 4 is 35.1 Å². The molecule has 1 heterocycles. The van der Waals surface area contributed by atoms with E-state index in [1.165, 1.54) is 0 Å². The Morgan fingerprint density at radius 2 is 1.93 bits per heavy atom. The molecule has 2 amide bonds. The number of ether oxygens (including phenoxy) is 2. The molecule has 0 radical (unpaired) electrons. The molecule has 1 aromatic carbocycles. The summed E-state index contributed by atoms with van der Waals surface area (Å²) >= 11 is 5.30. The van der Waals surface area contributed by atoms with Gasteiger partial charge >= 0.3 is 5.97 Å². The lowest BCUT2D eigenvalue weighted by molar-refractivity contribution is -0.148. The van der Waals surface area contributed by atoms with E-state index in [1.54, 1.807) is 37.8 Å². The molecule has 29 heavy (non-hydrogen) atoms. The van der Waals surface area contributed by atoms with Crippen LogP contribution in [-0.2, 0) is 19.1 Å². The second-order valence-electron chi connectivity index (χ2n) is 7.60. The standard InChI is InChI=1S/C20H27N3O5S/c1-20(2,3)18(26)22-19(29)23-10-9-21-17(25)15(23)13-16(24)28-12-11-27-14-7-5-4-6-8-14/h4-8,15H,9-13H2,1-3H3,(H,21,25)(H,22,26,29)/t15-/m1/s1. The third-order valence-electron chi connectivity index (χ3n) is 4.21. The van der Waals surface area contributed by atoms with Crippen molar-refractivity contribution in [3.05, 3.63) is 30.3 Å². The predicted molar refractivity (Wildman–Crippen MR) is 111 cm³/mol. The van der Waals surface area contributed by atoms with Crippen LogP contribution in [0.1, 0.15) is 27.2 Å². The van der Waals surface area contributed by atoms with Crippen LogP contribution < -0.4 is 15.4 Å². The summed E-state index contributed by atoms with van der Waals surface area (Å²) in [4.78, 5) is 38.2. The van der Waals surface area contributed by atoms with Gasteiger partial charge in [-0.05, 0) is 24.4 Å². The van der Waals surface area contributed by atoms with Gasteiger partial charge in [0.25, 0.3) is 0 Å². The van der Waals surface area contributed by atoms with Crippen molar-refractivity contribution in [2.45, 2.75) is 33.2 Å². The highest BCUT2D eigenvalue weighted by molar-refractivity contribution is 7.80. The van der Waals surface area contributed by atoms with Crippen LogP contribution in [0.25, 0.3) is 0 Å². The van der Waals surface area contributed by atoms with Gasteiger partial charge in [-0.25, -0.2) is 0 Å². The lowest BCUT2D eigenvalue weighted by Crippen LogP contribution is -2.61. The van der Waals surface area contributed by atoms with Gasteiger partial charge in [-0.2, -0.15) is 0 Å². The number of nitrogens with zero attached hydrogens (tertiary/aromatic N) is 1. The first-order chi connectivity index (χ1) is 13.7. The Balaban J connectivity index is 1.86. The minimum atomic E-state index is -0.834. The Bertz CT molecular complexity index is 748. The van der Waals surface area contributed by atoms with Gasteiger partial charge in [0.1, 0.15) is 25.0 Å². The molecule has 1 aliphatic rings. The SMILES string of the molecule is CC(C)(C)C(=O)NC(=S)N1CCNC(=O)[C@H]1CC(=O)OCCOc1ccccc1. The Hall–Kier alpha value is -2.68. The average Bonchev–Trinajstić information content (AvgIpc) is 2.67. The zero-order valence-corrected chi connectivity index (χ0v) is 17.7. The first-order valence-corrected chi connectivity index (χ1v) is 9.82. The number of hydrogen-bond donors (Lipinski definition) is 2. The van der Waals surface area contributed by atoms with Crippen LogP contribution in [0, 0.1) is 5.41 Å². The van der Waals surface area contributed by atoms with Gasteiger partial charge in [-0.3, -0.25) is 14.4 Å². The number of rotatable bonds is 6. The fourth-order valence-electron chi connectivity index (χ4n) is 2.57. The van der Waals surface area contributed by atoms with Gasteiger partial charge in [0, 0.05) is 18.5 Å². The third-order valence-corrected chi connectivity index (χ3v) is 4.55. The lowest BCUT2D eigenvalue weighted by atomic mass is 9.96. The fourth-order valence-corrected chi connectivity index (χ4v) is 2.88. The number of carbonyl (C=O) groups is 3. The predicted octanol–water partition coefficient (Wildman–Crippen LogP) is 1.25. The Labute approximate surface area is 175 Å². The van der Waals surface area contributed by atoms with E-state index in [0.29, 0.717) is 18.8 Å². The molecule has 2 N–H and O–H groups in total.